The molecular formula is C13H9N3O2. The van der Waals surface area contributed by atoms with E-state index < -0.39 is 5.97 Å². The number of benzene rings is 1. The van der Waals surface area contributed by atoms with Crippen LogP contribution in [0.4, 0.5) is 0 Å². The number of fused-ring (bicyclic) bond motifs is 1. The summed E-state index contributed by atoms with van der Waals surface area (Å²) < 4.78 is 0. The molecule has 0 bridgehead atoms. The second kappa shape index (κ2) is 3.96. The van der Waals surface area contributed by atoms with E-state index in [4.69, 9.17) is 5.11 Å². The lowest BCUT2D eigenvalue weighted by molar-refractivity contribution is 0.0697. The Hall–Kier alpha value is -2.69. The average molecular weight is 239 g/mol. The van der Waals surface area contributed by atoms with Crippen LogP contribution in [-0.4, -0.2) is 26.3 Å². The van der Waals surface area contributed by atoms with Crippen molar-refractivity contribution in [2.75, 3.05) is 0 Å². The van der Waals surface area contributed by atoms with Crippen molar-refractivity contribution in [3.05, 3.63) is 48.3 Å². The number of H-pyrrole nitrogens is 1. The number of aromatic amines is 1. The van der Waals surface area contributed by atoms with E-state index in [0.717, 1.165) is 16.6 Å². The minimum atomic E-state index is -0.950. The van der Waals surface area contributed by atoms with E-state index in [9.17, 15) is 4.79 Å². The zero-order chi connectivity index (χ0) is 12.5. The molecule has 18 heavy (non-hydrogen) atoms. The third kappa shape index (κ3) is 1.62. The molecule has 0 aliphatic carbocycles. The SMILES string of the molecule is O=C(O)c1ccc2c(-c3cccnc3)n[nH]c2c1. The van der Waals surface area contributed by atoms with E-state index in [-0.39, 0.29) is 5.56 Å². The van der Waals surface area contributed by atoms with Crippen molar-refractivity contribution in [3.8, 4) is 11.3 Å². The summed E-state index contributed by atoms with van der Waals surface area (Å²) in [6, 6.07) is 8.64. The molecule has 5 heteroatoms. The summed E-state index contributed by atoms with van der Waals surface area (Å²) in [5.74, 6) is -0.950. The Labute approximate surface area is 102 Å². The fraction of sp³-hybridized carbons (Fsp3) is 0. The van der Waals surface area contributed by atoms with Crippen molar-refractivity contribution < 1.29 is 9.90 Å². The largest absolute Gasteiger partial charge is 0.478 e. The molecule has 0 radical (unpaired) electrons. The molecule has 2 aromatic heterocycles. The maximum Gasteiger partial charge on any atom is 0.335 e. The van der Waals surface area contributed by atoms with Crippen LogP contribution in [0.1, 0.15) is 10.4 Å². The van der Waals surface area contributed by atoms with E-state index in [1.807, 2.05) is 12.1 Å². The maximum absolute atomic E-state index is 10.9. The number of rotatable bonds is 2. The third-order valence-electron chi connectivity index (χ3n) is 2.74. The summed E-state index contributed by atoms with van der Waals surface area (Å²) in [6.45, 7) is 0. The Bertz CT molecular complexity index is 719. The Kier molecular flexibility index (Phi) is 2.30. The van der Waals surface area contributed by atoms with Crippen LogP contribution < -0.4 is 0 Å². The number of hydrogen-bond acceptors (Lipinski definition) is 3. The number of aromatic carboxylic acids is 1. The fourth-order valence-electron chi connectivity index (χ4n) is 1.88. The Balaban J connectivity index is 2.19. The molecule has 0 saturated heterocycles. The molecule has 0 saturated carbocycles. The minimum absolute atomic E-state index is 0.240. The van der Waals surface area contributed by atoms with Gasteiger partial charge in [0.05, 0.1) is 11.1 Å². The number of hydrogen-bond donors (Lipinski definition) is 2. The van der Waals surface area contributed by atoms with Crippen molar-refractivity contribution >= 4 is 16.9 Å². The predicted molar refractivity (Wildman–Crippen MR) is 66.3 cm³/mol. The standard InChI is InChI=1S/C13H9N3O2/c17-13(18)8-3-4-10-11(6-8)15-16-12(10)9-2-1-5-14-7-9/h1-7H,(H,15,16)(H,17,18). The second-order valence-corrected chi connectivity index (χ2v) is 3.88. The first kappa shape index (κ1) is 10.5. The number of nitrogens with one attached hydrogen (secondary N) is 1. The summed E-state index contributed by atoms with van der Waals surface area (Å²) in [7, 11) is 0. The van der Waals surface area contributed by atoms with Crippen molar-refractivity contribution in [2.45, 2.75) is 0 Å². The van der Waals surface area contributed by atoms with E-state index in [1.165, 1.54) is 0 Å². The molecule has 2 heterocycles. The minimum Gasteiger partial charge on any atom is -0.478 e. The highest BCUT2D eigenvalue weighted by atomic mass is 16.4. The van der Waals surface area contributed by atoms with Gasteiger partial charge in [-0.3, -0.25) is 10.1 Å². The van der Waals surface area contributed by atoms with Gasteiger partial charge in [-0.1, -0.05) is 0 Å². The number of aromatic nitrogens is 3. The van der Waals surface area contributed by atoms with Gasteiger partial charge in [0.1, 0.15) is 5.69 Å². The van der Waals surface area contributed by atoms with E-state index in [1.54, 1.807) is 30.6 Å². The van der Waals surface area contributed by atoms with Gasteiger partial charge in [0.15, 0.2) is 0 Å². The zero-order valence-corrected chi connectivity index (χ0v) is 9.29. The first-order valence-electron chi connectivity index (χ1n) is 5.37. The van der Waals surface area contributed by atoms with Gasteiger partial charge in [0.2, 0.25) is 0 Å². The van der Waals surface area contributed by atoms with Gasteiger partial charge in [-0.2, -0.15) is 5.10 Å². The van der Waals surface area contributed by atoms with Crippen LogP contribution >= 0.6 is 0 Å². The maximum atomic E-state index is 10.9. The lowest BCUT2D eigenvalue weighted by Gasteiger charge is -1.97. The van der Waals surface area contributed by atoms with Crippen molar-refractivity contribution in [1.82, 2.24) is 15.2 Å². The molecule has 3 aromatic rings. The molecule has 0 aliphatic rings. The molecule has 5 nitrogen and oxygen atoms in total. The van der Waals surface area contributed by atoms with Crippen molar-refractivity contribution in [3.63, 3.8) is 0 Å². The van der Waals surface area contributed by atoms with Crippen LogP contribution in [-0.2, 0) is 0 Å². The van der Waals surface area contributed by atoms with Gasteiger partial charge in [0, 0.05) is 23.3 Å². The molecule has 0 amide bonds. The third-order valence-corrected chi connectivity index (χ3v) is 2.74. The highest BCUT2D eigenvalue weighted by Crippen LogP contribution is 2.26. The van der Waals surface area contributed by atoms with E-state index in [0.29, 0.717) is 5.52 Å². The van der Waals surface area contributed by atoms with Gasteiger partial charge >= 0.3 is 5.97 Å². The normalized spacial score (nSPS) is 10.7. The highest BCUT2D eigenvalue weighted by molar-refractivity contribution is 5.98. The Morgan fingerprint density at radius 1 is 1.28 bits per heavy atom. The lowest BCUT2D eigenvalue weighted by atomic mass is 10.1. The molecule has 2 N–H and O–H groups in total. The van der Waals surface area contributed by atoms with Crippen molar-refractivity contribution in [1.29, 1.82) is 0 Å². The summed E-state index contributed by atoms with van der Waals surface area (Å²) >= 11 is 0. The zero-order valence-electron chi connectivity index (χ0n) is 9.29. The van der Waals surface area contributed by atoms with Gasteiger partial charge in [-0.05, 0) is 30.3 Å². The smallest absolute Gasteiger partial charge is 0.335 e. The molecule has 3 rings (SSSR count). The van der Waals surface area contributed by atoms with Gasteiger partial charge in [-0.15, -0.1) is 0 Å². The first-order valence-corrected chi connectivity index (χ1v) is 5.37. The summed E-state index contributed by atoms with van der Waals surface area (Å²) in [5, 5.41) is 16.9. The number of carboxylic acid groups (broad SMARTS) is 1. The summed E-state index contributed by atoms with van der Waals surface area (Å²) in [4.78, 5) is 14.9. The molecule has 0 aliphatic heterocycles. The monoisotopic (exact) mass is 239 g/mol. The van der Waals surface area contributed by atoms with Gasteiger partial charge < -0.3 is 5.11 Å². The second-order valence-electron chi connectivity index (χ2n) is 3.88. The fourth-order valence-corrected chi connectivity index (χ4v) is 1.88. The van der Waals surface area contributed by atoms with Gasteiger partial charge in [0.25, 0.3) is 0 Å². The Morgan fingerprint density at radius 2 is 2.17 bits per heavy atom. The topological polar surface area (TPSA) is 78.9 Å². The summed E-state index contributed by atoms with van der Waals surface area (Å²) in [5.41, 5.74) is 2.61. The summed E-state index contributed by atoms with van der Waals surface area (Å²) in [6.07, 6.45) is 3.42. The molecule has 0 fully saturated rings. The van der Waals surface area contributed by atoms with Crippen LogP contribution in [0.2, 0.25) is 0 Å². The van der Waals surface area contributed by atoms with Crippen LogP contribution in [0.3, 0.4) is 0 Å². The average Bonchev–Trinajstić information content (AvgIpc) is 2.82. The number of pyridine rings is 1. The molecule has 88 valence electrons. The lowest BCUT2D eigenvalue weighted by Crippen LogP contribution is -1.94. The van der Waals surface area contributed by atoms with Crippen molar-refractivity contribution in [2.24, 2.45) is 0 Å². The quantitative estimate of drug-likeness (QED) is 0.719. The molecular weight excluding hydrogens is 230 g/mol. The Morgan fingerprint density at radius 3 is 2.89 bits per heavy atom. The highest BCUT2D eigenvalue weighted by Gasteiger charge is 2.10. The predicted octanol–water partition coefficient (Wildman–Crippen LogP) is 2.32. The van der Waals surface area contributed by atoms with E-state index >= 15 is 0 Å². The van der Waals surface area contributed by atoms with Crippen LogP contribution in [0.15, 0.2) is 42.7 Å². The van der Waals surface area contributed by atoms with Crippen LogP contribution in [0.25, 0.3) is 22.2 Å². The van der Waals surface area contributed by atoms with Gasteiger partial charge in [-0.25, -0.2) is 4.79 Å². The van der Waals surface area contributed by atoms with E-state index in [2.05, 4.69) is 15.2 Å². The molecule has 1 aromatic carbocycles. The number of carbonyl (C=O) groups is 1. The number of nitrogens with zero attached hydrogens (tertiary/aromatic N) is 2. The van der Waals surface area contributed by atoms with Crippen LogP contribution in [0, 0.1) is 0 Å². The number of carboxylic acids is 1. The molecule has 0 unspecified atom stereocenters. The molecule has 0 spiro atoms. The molecule has 0 atom stereocenters. The van der Waals surface area contributed by atoms with Crippen LogP contribution in [0.5, 0.6) is 0 Å². The first-order chi connectivity index (χ1) is 8.75.